The van der Waals surface area contributed by atoms with Crippen LogP contribution in [0.3, 0.4) is 0 Å². The number of nitrogens with zero attached hydrogens (tertiary/aromatic N) is 1. The van der Waals surface area contributed by atoms with Gasteiger partial charge in [-0.25, -0.2) is 0 Å². The van der Waals surface area contributed by atoms with Gasteiger partial charge in [-0.2, -0.15) is 4.57 Å². The van der Waals surface area contributed by atoms with E-state index in [0.717, 1.165) is 29.7 Å². The fourth-order valence-corrected chi connectivity index (χ4v) is 2.41. The molecule has 21 heavy (non-hydrogen) atoms. The number of anilines is 1. The van der Waals surface area contributed by atoms with Crippen LogP contribution in [-0.2, 0) is 17.8 Å². The largest absolute Gasteiger partial charge is 0.320 e. The van der Waals surface area contributed by atoms with Gasteiger partial charge in [0.05, 0.1) is 0 Å². The fourth-order valence-electron chi connectivity index (χ4n) is 2.41. The lowest BCUT2D eigenvalue weighted by molar-refractivity contribution is -0.684. The van der Waals surface area contributed by atoms with Crippen LogP contribution in [0.5, 0.6) is 0 Å². The number of carbonyl (C=O) groups excluding carboxylic acids is 1. The van der Waals surface area contributed by atoms with E-state index < -0.39 is 0 Å². The Bertz CT molecular complexity index is 597. The minimum absolute atomic E-state index is 0.000594. The standard InChI is InChI=1S/C18H22N2O/c1-4-6-16-9-11-20(12-10-16)13-17(21)19-18-14(2)7-5-8-15(18)3/h5,7-12H,4,6,13H2,1-3H3/p+1. The monoisotopic (exact) mass is 283 g/mol. The zero-order valence-corrected chi connectivity index (χ0v) is 13.0. The number of hydrogen-bond acceptors (Lipinski definition) is 1. The van der Waals surface area contributed by atoms with Crippen LogP contribution in [0.4, 0.5) is 5.69 Å². The number of para-hydroxylation sites is 1. The Morgan fingerprint density at radius 1 is 1.10 bits per heavy atom. The molecule has 3 heteroatoms. The van der Waals surface area contributed by atoms with E-state index in [1.165, 1.54) is 5.56 Å². The maximum absolute atomic E-state index is 12.2. The summed E-state index contributed by atoms with van der Waals surface area (Å²) in [7, 11) is 0. The van der Waals surface area contributed by atoms with E-state index in [0.29, 0.717) is 6.54 Å². The van der Waals surface area contributed by atoms with Crippen molar-refractivity contribution in [3.8, 4) is 0 Å². The van der Waals surface area contributed by atoms with E-state index in [-0.39, 0.29) is 5.91 Å². The van der Waals surface area contributed by atoms with Gasteiger partial charge in [0.25, 0.3) is 5.91 Å². The number of carbonyl (C=O) groups is 1. The van der Waals surface area contributed by atoms with E-state index in [9.17, 15) is 4.79 Å². The number of nitrogens with one attached hydrogen (secondary N) is 1. The van der Waals surface area contributed by atoms with Crippen LogP contribution in [0.1, 0.15) is 30.0 Å². The average Bonchev–Trinajstić information content (AvgIpc) is 2.45. The van der Waals surface area contributed by atoms with Crippen molar-refractivity contribution in [2.24, 2.45) is 0 Å². The third kappa shape index (κ3) is 4.15. The van der Waals surface area contributed by atoms with E-state index in [1.54, 1.807) is 0 Å². The van der Waals surface area contributed by atoms with Gasteiger partial charge >= 0.3 is 0 Å². The molecular formula is C18H23N2O+. The van der Waals surface area contributed by atoms with Crippen molar-refractivity contribution in [3.05, 3.63) is 59.4 Å². The number of rotatable bonds is 5. The zero-order chi connectivity index (χ0) is 15.2. The van der Waals surface area contributed by atoms with E-state index in [4.69, 9.17) is 0 Å². The molecule has 1 heterocycles. The third-order valence-corrected chi connectivity index (χ3v) is 3.57. The van der Waals surface area contributed by atoms with Crippen molar-refractivity contribution >= 4 is 11.6 Å². The first-order valence-corrected chi connectivity index (χ1v) is 7.44. The molecule has 0 aliphatic heterocycles. The van der Waals surface area contributed by atoms with Crippen LogP contribution < -0.4 is 9.88 Å². The molecule has 0 aliphatic rings. The highest BCUT2D eigenvalue weighted by atomic mass is 16.1. The van der Waals surface area contributed by atoms with E-state index in [2.05, 4.69) is 24.4 Å². The molecule has 1 aromatic heterocycles. The van der Waals surface area contributed by atoms with Gasteiger partial charge in [-0.15, -0.1) is 0 Å². The number of benzene rings is 1. The quantitative estimate of drug-likeness (QED) is 0.840. The predicted molar refractivity (Wildman–Crippen MR) is 85.2 cm³/mol. The van der Waals surface area contributed by atoms with Gasteiger partial charge in [0.1, 0.15) is 0 Å². The van der Waals surface area contributed by atoms with Crippen LogP contribution in [0, 0.1) is 13.8 Å². The minimum Gasteiger partial charge on any atom is -0.320 e. The van der Waals surface area contributed by atoms with Crippen LogP contribution in [0.25, 0.3) is 0 Å². The topological polar surface area (TPSA) is 33.0 Å². The first kappa shape index (κ1) is 15.2. The zero-order valence-electron chi connectivity index (χ0n) is 13.0. The summed E-state index contributed by atoms with van der Waals surface area (Å²) < 4.78 is 1.90. The molecule has 1 N–H and O–H groups in total. The molecule has 0 atom stereocenters. The molecule has 1 amide bonds. The number of pyridine rings is 1. The van der Waals surface area contributed by atoms with Crippen LogP contribution >= 0.6 is 0 Å². The maximum atomic E-state index is 12.2. The molecule has 0 fully saturated rings. The smallest absolute Gasteiger partial charge is 0.290 e. The van der Waals surface area contributed by atoms with Gasteiger partial charge in [-0.3, -0.25) is 4.79 Å². The Hall–Kier alpha value is -2.16. The lowest BCUT2D eigenvalue weighted by atomic mass is 10.1. The van der Waals surface area contributed by atoms with Crippen molar-refractivity contribution in [2.45, 2.75) is 40.2 Å². The number of hydrogen-bond donors (Lipinski definition) is 1. The summed E-state index contributed by atoms with van der Waals surface area (Å²) in [6, 6.07) is 10.2. The Morgan fingerprint density at radius 2 is 1.71 bits per heavy atom. The van der Waals surface area contributed by atoms with Crippen molar-refractivity contribution in [2.75, 3.05) is 5.32 Å². The van der Waals surface area contributed by atoms with Crippen LogP contribution in [-0.4, -0.2) is 5.91 Å². The van der Waals surface area contributed by atoms with Crippen LogP contribution in [0.15, 0.2) is 42.7 Å². The van der Waals surface area contributed by atoms with Crippen molar-refractivity contribution in [1.29, 1.82) is 0 Å². The van der Waals surface area contributed by atoms with Gasteiger partial charge in [0, 0.05) is 17.8 Å². The summed E-state index contributed by atoms with van der Waals surface area (Å²) in [6.45, 7) is 6.52. The summed E-state index contributed by atoms with van der Waals surface area (Å²) in [5, 5.41) is 3.01. The van der Waals surface area contributed by atoms with Crippen molar-refractivity contribution in [1.82, 2.24) is 0 Å². The van der Waals surface area contributed by atoms with E-state index in [1.807, 2.05) is 49.0 Å². The molecule has 2 aromatic rings. The molecule has 0 saturated heterocycles. The minimum atomic E-state index is 0.000594. The average molecular weight is 283 g/mol. The summed E-state index contributed by atoms with van der Waals surface area (Å²) in [4.78, 5) is 12.2. The lowest BCUT2D eigenvalue weighted by Gasteiger charge is -2.10. The number of aryl methyl sites for hydroxylation is 3. The van der Waals surface area contributed by atoms with Gasteiger partial charge in [0.15, 0.2) is 12.4 Å². The molecule has 0 radical (unpaired) electrons. The molecule has 0 spiro atoms. The summed E-state index contributed by atoms with van der Waals surface area (Å²) in [5.41, 5.74) is 4.41. The predicted octanol–water partition coefficient (Wildman–Crippen LogP) is 3.18. The fraction of sp³-hybridized carbons (Fsp3) is 0.333. The summed E-state index contributed by atoms with van der Waals surface area (Å²) in [6.07, 6.45) is 6.15. The molecule has 0 unspecified atom stereocenters. The highest BCUT2D eigenvalue weighted by Crippen LogP contribution is 2.19. The highest BCUT2D eigenvalue weighted by Gasteiger charge is 2.12. The van der Waals surface area contributed by atoms with E-state index >= 15 is 0 Å². The molecule has 0 aliphatic carbocycles. The molecular weight excluding hydrogens is 260 g/mol. The Kier molecular flexibility index (Phi) is 5.09. The lowest BCUT2D eigenvalue weighted by Crippen LogP contribution is -2.39. The summed E-state index contributed by atoms with van der Waals surface area (Å²) >= 11 is 0. The third-order valence-electron chi connectivity index (χ3n) is 3.57. The van der Waals surface area contributed by atoms with Gasteiger partial charge in [0.2, 0.25) is 6.54 Å². The van der Waals surface area contributed by atoms with Gasteiger partial charge in [-0.1, -0.05) is 31.5 Å². The van der Waals surface area contributed by atoms with Gasteiger partial charge in [-0.05, 0) is 37.0 Å². The Labute approximate surface area is 126 Å². The van der Waals surface area contributed by atoms with Crippen molar-refractivity contribution < 1.29 is 9.36 Å². The SMILES string of the molecule is CCCc1cc[n+](CC(=O)Nc2c(C)cccc2C)cc1. The molecule has 110 valence electrons. The number of amides is 1. The second-order valence-electron chi connectivity index (χ2n) is 5.44. The Morgan fingerprint density at radius 3 is 2.29 bits per heavy atom. The number of aromatic nitrogens is 1. The first-order valence-electron chi connectivity index (χ1n) is 7.44. The van der Waals surface area contributed by atoms with Gasteiger partial charge < -0.3 is 5.32 Å². The maximum Gasteiger partial charge on any atom is 0.290 e. The molecule has 0 bridgehead atoms. The highest BCUT2D eigenvalue weighted by molar-refractivity contribution is 5.91. The van der Waals surface area contributed by atoms with Crippen LogP contribution in [0.2, 0.25) is 0 Å². The Balaban J connectivity index is 2.01. The second kappa shape index (κ2) is 7.02. The molecule has 0 saturated carbocycles. The molecule has 2 rings (SSSR count). The molecule has 3 nitrogen and oxygen atoms in total. The summed E-state index contributed by atoms with van der Waals surface area (Å²) in [5.74, 6) is 0.000594. The van der Waals surface area contributed by atoms with Crippen molar-refractivity contribution in [3.63, 3.8) is 0 Å². The normalized spacial score (nSPS) is 10.4. The molecule has 1 aromatic carbocycles. The second-order valence-corrected chi connectivity index (χ2v) is 5.44. The first-order chi connectivity index (χ1) is 10.1.